The van der Waals surface area contributed by atoms with Crippen molar-refractivity contribution in [3.8, 4) is 0 Å². The molecule has 0 spiro atoms. The second kappa shape index (κ2) is 8.92. The molecule has 0 aliphatic carbocycles. The van der Waals surface area contributed by atoms with E-state index in [1.54, 1.807) is 11.9 Å². The fourth-order valence-electron chi connectivity index (χ4n) is 3.43. The summed E-state index contributed by atoms with van der Waals surface area (Å²) in [6.45, 7) is 1.53. The minimum atomic E-state index is -4.48. The van der Waals surface area contributed by atoms with Gasteiger partial charge in [0.1, 0.15) is 5.82 Å². The third-order valence-electron chi connectivity index (χ3n) is 5.03. The number of benzene rings is 1. The summed E-state index contributed by atoms with van der Waals surface area (Å²) >= 11 is 9.53. The highest BCUT2D eigenvalue weighted by atomic mass is 79.9. The lowest BCUT2D eigenvalue weighted by Gasteiger charge is -2.34. The Bertz CT molecular complexity index is 886. The van der Waals surface area contributed by atoms with Gasteiger partial charge in [-0.2, -0.15) is 13.2 Å². The number of carbonyl (C=O) groups is 1. The fourth-order valence-corrected chi connectivity index (χ4v) is 4.12. The molecule has 0 atom stereocenters. The molecule has 9 heteroatoms. The molecule has 156 valence electrons. The number of pyridine rings is 1. The lowest BCUT2D eigenvalue weighted by molar-refractivity contribution is -0.138. The molecule has 4 nitrogen and oxygen atoms in total. The molecule has 1 aromatic heterocycles. The molecule has 1 fully saturated rings. The third-order valence-corrected chi connectivity index (χ3v) is 6.09. The minimum Gasteiger partial charge on any atom is -0.355 e. The largest absolute Gasteiger partial charge is 0.417 e. The third kappa shape index (κ3) is 5.22. The number of anilines is 1. The van der Waals surface area contributed by atoms with E-state index in [0.29, 0.717) is 38.3 Å². The predicted molar refractivity (Wildman–Crippen MR) is 110 cm³/mol. The molecule has 0 saturated carbocycles. The highest BCUT2D eigenvalue weighted by Gasteiger charge is 2.33. The number of halogens is 5. The summed E-state index contributed by atoms with van der Waals surface area (Å²) in [4.78, 5) is 20.3. The molecule has 0 bridgehead atoms. The van der Waals surface area contributed by atoms with E-state index in [1.807, 2.05) is 29.2 Å². The first-order valence-corrected chi connectivity index (χ1v) is 10.3. The van der Waals surface area contributed by atoms with E-state index in [1.165, 1.54) is 0 Å². The van der Waals surface area contributed by atoms with Crippen molar-refractivity contribution in [3.63, 3.8) is 0 Å². The number of carbonyl (C=O) groups excluding carboxylic acids is 1. The van der Waals surface area contributed by atoms with Crippen LogP contribution in [0, 0.1) is 5.92 Å². The van der Waals surface area contributed by atoms with Crippen LogP contribution < -0.4 is 4.90 Å². The van der Waals surface area contributed by atoms with E-state index in [2.05, 4.69) is 20.9 Å². The Kier molecular flexibility index (Phi) is 6.73. The van der Waals surface area contributed by atoms with Crippen molar-refractivity contribution in [1.82, 2.24) is 9.88 Å². The second-order valence-electron chi connectivity index (χ2n) is 7.07. The quantitative estimate of drug-likeness (QED) is 0.576. The summed E-state index contributed by atoms with van der Waals surface area (Å²) in [5, 5.41) is -0.0318. The molecule has 1 aromatic carbocycles. The highest BCUT2D eigenvalue weighted by molar-refractivity contribution is 9.10. The van der Waals surface area contributed by atoms with Gasteiger partial charge in [0.05, 0.1) is 10.6 Å². The molecule has 0 radical (unpaired) electrons. The summed E-state index contributed by atoms with van der Waals surface area (Å²) in [5.41, 5.74) is 0.159. The van der Waals surface area contributed by atoms with Gasteiger partial charge in [-0.05, 0) is 30.5 Å². The molecule has 29 heavy (non-hydrogen) atoms. The van der Waals surface area contributed by atoms with Crippen LogP contribution in [-0.2, 0) is 17.5 Å². The zero-order chi connectivity index (χ0) is 21.2. The molecule has 3 rings (SSSR count). The Labute approximate surface area is 180 Å². The molecule has 2 aromatic rings. The van der Waals surface area contributed by atoms with Crippen LogP contribution in [0.2, 0.25) is 5.02 Å². The molecular weight excluding hydrogens is 471 g/mol. The standard InChI is InChI=1S/C20H20BrClF3N3O/c1-27(12-14-4-2-3-5-16(14)21)19(29)13-6-8-28(9-7-13)18-17(22)10-15(11-26-18)20(23,24)25/h2-5,10-11,13H,6-9,12H2,1H3. The molecule has 1 aliphatic rings. The van der Waals surface area contributed by atoms with Crippen molar-refractivity contribution in [2.24, 2.45) is 5.92 Å². The number of hydrogen-bond donors (Lipinski definition) is 0. The molecule has 0 N–H and O–H groups in total. The number of rotatable bonds is 4. The molecule has 0 unspecified atom stereocenters. The summed E-state index contributed by atoms with van der Waals surface area (Å²) < 4.78 is 39.3. The number of alkyl halides is 3. The van der Waals surface area contributed by atoms with Crippen molar-refractivity contribution < 1.29 is 18.0 Å². The smallest absolute Gasteiger partial charge is 0.355 e. The molecule has 1 amide bonds. The van der Waals surface area contributed by atoms with E-state index in [4.69, 9.17) is 11.6 Å². The van der Waals surface area contributed by atoms with Gasteiger partial charge in [-0.3, -0.25) is 4.79 Å². The number of piperidine rings is 1. The van der Waals surface area contributed by atoms with Gasteiger partial charge in [0, 0.05) is 43.3 Å². The Morgan fingerprint density at radius 3 is 2.55 bits per heavy atom. The molecule has 1 aliphatic heterocycles. The monoisotopic (exact) mass is 489 g/mol. The Morgan fingerprint density at radius 2 is 1.97 bits per heavy atom. The topological polar surface area (TPSA) is 36.4 Å². The Hall–Kier alpha value is -1.80. The first-order valence-electron chi connectivity index (χ1n) is 9.13. The van der Waals surface area contributed by atoms with Crippen molar-refractivity contribution in [2.45, 2.75) is 25.6 Å². The van der Waals surface area contributed by atoms with Crippen LogP contribution in [0.4, 0.5) is 19.0 Å². The van der Waals surface area contributed by atoms with Crippen LogP contribution in [0.15, 0.2) is 41.0 Å². The van der Waals surface area contributed by atoms with Crippen LogP contribution in [0.5, 0.6) is 0 Å². The molecular formula is C20H20BrClF3N3O. The van der Waals surface area contributed by atoms with Crippen LogP contribution in [0.25, 0.3) is 0 Å². The van der Waals surface area contributed by atoms with Gasteiger partial charge in [-0.25, -0.2) is 4.98 Å². The van der Waals surface area contributed by atoms with Crippen LogP contribution in [0.3, 0.4) is 0 Å². The van der Waals surface area contributed by atoms with Gasteiger partial charge in [-0.1, -0.05) is 45.7 Å². The van der Waals surface area contributed by atoms with Gasteiger partial charge in [0.2, 0.25) is 5.91 Å². The number of hydrogen-bond acceptors (Lipinski definition) is 3. The number of nitrogens with zero attached hydrogens (tertiary/aromatic N) is 3. The lowest BCUT2D eigenvalue weighted by Crippen LogP contribution is -2.41. The van der Waals surface area contributed by atoms with E-state index >= 15 is 0 Å². The summed E-state index contributed by atoms with van der Waals surface area (Å²) in [5.74, 6) is 0.256. The van der Waals surface area contributed by atoms with E-state index in [-0.39, 0.29) is 16.8 Å². The van der Waals surface area contributed by atoms with Crippen LogP contribution in [0.1, 0.15) is 24.0 Å². The second-order valence-corrected chi connectivity index (χ2v) is 8.34. The van der Waals surface area contributed by atoms with Crippen molar-refractivity contribution >= 4 is 39.3 Å². The summed E-state index contributed by atoms with van der Waals surface area (Å²) in [6.07, 6.45) is -2.49. The summed E-state index contributed by atoms with van der Waals surface area (Å²) in [6, 6.07) is 8.65. The van der Waals surface area contributed by atoms with Gasteiger partial charge < -0.3 is 9.80 Å². The van der Waals surface area contributed by atoms with Gasteiger partial charge in [-0.15, -0.1) is 0 Å². The zero-order valence-electron chi connectivity index (χ0n) is 15.7. The maximum absolute atomic E-state index is 12.8. The van der Waals surface area contributed by atoms with Crippen molar-refractivity contribution in [3.05, 3.63) is 57.2 Å². The first kappa shape index (κ1) is 21.9. The van der Waals surface area contributed by atoms with Gasteiger partial charge in [0.15, 0.2) is 0 Å². The Morgan fingerprint density at radius 1 is 1.31 bits per heavy atom. The average molecular weight is 491 g/mol. The van der Waals surface area contributed by atoms with E-state index < -0.39 is 11.7 Å². The average Bonchev–Trinajstić information content (AvgIpc) is 2.68. The molecule has 1 saturated heterocycles. The maximum atomic E-state index is 12.8. The number of aromatic nitrogens is 1. The summed E-state index contributed by atoms with van der Waals surface area (Å²) in [7, 11) is 1.78. The van der Waals surface area contributed by atoms with Crippen LogP contribution >= 0.6 is 27.5 Å². The normalized spacial score (nSPS) is 15.4. The molecule has 2 heterocycles. The lowest BCUT2D eigenvalue weighted by atomic mass is 9.95. The maximum Gasteiger partial charge on any atom is 0.417 e. The minimum absolute atomic E-state index is 0.0318. The van der Waals surface area contributed by atoms with Crippen molar-refractivity contribution in [2.75, 3.05) is 25.0 Å². The van der Waals surface area contributed by atoms with Crippen molar-refractivity contribution in [1.29, 1.82) is 0 Å². The van der Waals surface area contributed by atoms with Gasteiger partial charge in [0.25, 0.3) is 0 Å². The zero-order valence-corrected chi connectivity index (χ0v) is 18.1. The van der Waals surface area contributed by atoms with E-state index in [9.17, 15) is 18.0 Å². The fraction of sp³-hybridized carbons (Fsp3) is 0.400. The first-order chi connectivity index (χ1) is 13.7. The van der Waals surface area contributed by atoms with Crippen LogP contribution in [-0.4, -0.2) is 35.9 Å². The SMILES string of the molecule is CN(Cc1ccccc1Br)C(=O)C1CCN(c2ncc(C(F)(F)F)cc2Cl)CC1. The van der Waals surface area contributed by atoms with Gasteiger partial charge >= 0.3 is 6.18 Å². The highest BCUT2D eigenvalue weighted by Crippen LogP contribution is 2.35. The van der Waals surface area contributed by atoms with E-state index in [0.717, 1.165) is 22.3 Å². The predicted octanol–water partition coefficient (Wildman–Crippen LogP) is 5.39. The number of amides is 1. The Balaban J connectivity index is 1.60.